The second-order valence-electron chi connectivity index (χ2n) is 5.21. The molecular weight excluding hydrogens is 266 g/mol. The Hall–Kier alpha value is -1.95. The SMILES string of the molecule is CCNc1cc(-n2cnc3c2CCCC3)nc(COC)n1. The Morgan fingerprint density at radius 3 is 2.95 bits per heavy atom. The van der Waals surface area contributed by atoms with Crippen molar-refractivity contribution in [1.29, 1.82) is 0 Å². The van der Waals surface area contributed by atoms with Gasteiger partial charge in [0, 0.05) is 25.4 Å². The highest BCUT2D eigenvalue weighted by Crippen LogP contribution is 2.23. The van der Waals surface area contributed by atoms with Crippen LogP contribution < -0.4 is 5.32 Å². The number of aryl methyl sites for hydroxylation is 1. The number of hydrogen-bond acceptors (Lipinski definition) is 5. The summed E-state index contributed by atoms with van der Waals surface area (Å²) in [6.45, 7) is 3.28. The fourth-order valence-corrected chi connectivity index (χ4v) is 2.74. The van der Waals surface area contributed by atoms with E-state index in [2.05, 4.69) is 31.8 Å². The van der Waals surface area contributed by atoms with Crippen LogP contribution in [0.25, 0.3) is 5.82 Å². The van der Waals surface area contributed by atoms with E-state index in [-0.39, 0.29) is 0 Å². The third-order valence-electron chi connectivity index (χ3n) is 3.67. The number of aromatic nitrogens is 4. The van der Waals surface area contributed by atoms with Crippen molar-refractivity contribution >= 4 is 5.82 Å². The molecule has 0 saturated carbocycles. The standard InChI is InChI=1S/C15H21N5O/c1-3-16-13-8-15(19-14(18-13)9-21-2)20-10-17-11-6-4-5-7-12(11)20/h8,10H,3-7,9H2,1-2H3,(H,16,18,19). The van der Waals surface area contributed by atoms with Crippen LogP contribution in [0.5, 0.6) is 0 Å². The summed E-state index contributed by atoms with van der Waals surface area (Å²) in [6, 6.07) is 1.97. The molecule has 0 aliphatic heterocycles. The quantitative estimate of drug-likeness (QED) is 0.912. The van der Waals surface area contributed by atoms with Gasteiger partial charge in [-0.3, -0.25) is 4.57 Å². The van der Waals surface area contributed by atoms with Crippen molar-refractivity contribution in [2.24, 2.45) is 0 Å². The number of hydrogen-bond donors (Lipinski definition) is 1. The summed E-state index contributed by atoms with van der Waals surface area (Å²) in [5.41, 5.74) is 2.49. The Labute approximate surface area is 124 Å². The summed E-state index contributed by atoms with van der Waals surface area (Å²) in [5, 5.41) is 3.25. The van der Waals surface area contributed by atoms with E-state index >= 15 is 0 Å². The summed E-state index contributed by atoms with van der Waals surface area (Å²) in [7, 11) is 1.65. The molecule has 1 aliphatic rings. The summed E-state index contributed by atoms with van der Waals surface area (Å²) >= 11 is 0. The zero-order chi connectivity index (χ0) is 14.7. The fraction of sp³-hybridized carbons (Fsp3) is 0.533. The first-order chi connectivity index (χ1) is 10.3. The van der Waals surface area contributed by atoms with E-state index in [1.165, 1.54) is 24.2 Å². The minimum atomic E-state index is 0.406. The van der Waals surface area contributed by atoms with Gasteiger partial charge in [0.15, 0.2) is 5.82 Å². The molecule has 2 aromatic heterocycles. The summed E-state index contributed by atoms with van der Waals surface area (Å²) in [5.74, 6) is 2.38. The molecule has 112 valence electrons. The highest BCUT2D eigenvalue weighted by atomic mass is 16.5. The van der Waals surface area contributed by atoms with Gasteiger partial charge in [0.25, 0.3) is 0 Å². The van der Waals surface area contributed by atoms with Crippen LogP contribution in [0, 0.1) is 0 Å². The van der Waals surface area contributed by atoms with Gasteiger partial charge in [-0.25, -0.2) is 15.0 Å². The van der Waals surface area contributed by atoms with Gasteiger partial charge in [-0.1, -0.05) is 0 Å². The van der Waals surface area contributed by atoms with Crippen LogP contribution in [-0.2, 0) is 24.2 Å². The molecule has 0 spiro atoms. The minimum absolute atomic E-state index is 0.406. The maximum absolute atomic E-state index is 5.17. The average Bonchev–Trinajstić information content (AvgIpc) is 2.92. The van der Waals surface area contributed by atoms with Crippen LogP contribution in [0.15, 0.2) is 12.4 Å². The number of fused-ring (bicyclic) bond motifs is 1. The number of imidazole rings is 1. The number of methoxy groups -OCH3 is 1. The summed E-state index contributed by atoms with van der Waals surface area (Å²) in [4.78, 5) is 13.6. The minimum Gasteiger partial charge on any atom is -0.377 e. The van der Waals surface area contributed by atoms with E-state index in [1.807, 2.05) is 12.4 Å². The molecule has 2 aromatic rings. The highest BCUT2D eigenvalue weighted by Gasteiger charge is 2.17. The van der Waals surface area contributed by atoms with Crippen molar-refractivity contribution in [3.05, 3.63) is 29.6 Å². The maximum Gasteiger partial charge on any atom is 0.158 e. The molecule has 2 heterocycles. The van der Waals surface area contributed by atoms with Gasteiger partial charge in [-0.05, 0) is 32.6 Å². The first kappa shape index (κ1) is 14.0. The highest BCUT2D eigenvalue weighted by molar-refractivity contribution is 5.43. The molecule has 6 nitrogen and oxygen atoms in total. The van der Waals surface area contributed by atoms with Crippen LogP contribution in [0.2, 0.25) is 0 Å². The van der Waals surface area contributed by atoms with Gasteiger partial charge in [-0.15, -0.1) is 0 Å². The first-order valence-corrected chi connectivity index (χ1v) is 7.48. The third-order valence-corrected chi connectivity index (χ3v) is 3.67. The molecule has 0 saturated heterocycles. The Kier molecular flexibility index (Phi) is 4.15. The molecule has 0 unspecified atom stereocenters. The van der Waals surface area contributed by atoms with Crippen molar-refractivity contribution < 1.29 is 4.74 Å². The zero-order valence-corrected chi connectivity index (χ0v) is 12.6. The van der Waals surface area contributed by atoms with Gasteiger partial charge in [0.05, 0.1) is 5.69 Å². The van der Waals surface area contributed by atoms with Crippen molar-refractivity contribution in [2.75, 3.05) is 19.0 Å². The molecule has 0 aromatic carbocycles. The monoisotopic (exact) mass is 287 g/mol. The molecule has 1 N–H and O–H groups in total. The Morgan fingerprint density at radius 1 is 1.29 bits per heavy atom. The molecule has 1 aliphatic carbocycles. The van der Waals surface area contributed by atoms with Gasteiger partial charge in [0.1, 0.15) is 24.6 Å². The van der Waals surface area contributed by atoms with Crippen LogP contribution >= 0.6 is 0 Å². The molecular formula is C15H21N5O. The van der Waals surface area contributed by atoms with Crippen molar-refractivity contribution in [3.8, 4) is 5.82 Å². The van der Waals surface area contributed by atoms with E-state index < -0.39 is 0 Å². The van der Waals surface area contributed by atoms with Gasteiger partial charge < -0.3 is 10.1 Å². The molecule has 0 fully saturated rings. The number of nitrogens with one attached hydrogen (secondary N) is 1. The smallest absolute Gasteiger partial charge is 0.158 e. The van der Waals surface area contributed by atoms with Crippen molar-refractivity contribution in [1.82, 2.24) is 19.5 Å². The van der Waals surface area contributed by atoms with Crippen molar-refractivity contribution in [2.45, 2.75) is 39.2 Å². The van der Waals surface area contributed by atoms with Crippen LogP contribution in [-0.4, -0.2) is 33.2 Å². The topological polar surface area (TPSA) is 64.9 Å². The summed E-state index contributed by atoms with van der Waals surface area (Å²) in [6.07, 6.45) is 6.46. The van der Waals surface area contributed by atoms with E-state index in [0.29, 0.717) is 12.4 Å². The lowest BCUT2D eigenvalue weighted by atomic mass is 10.0. The Morgan fingerprint density at radius 2 is 2.14 bits per heavy atom. The van der Waals surface area contributed by atoms with E-state index in [0.717, 1.165) is 31.0 Å². The van der Waals surface area contributed by atoms with E-state index in [1.54, 1.807) is 7.11 Å². The Balaban J connectivity index is 2.02. The summed E-state index contributed by atoms with van der Waals surface area (Å²) < 4.78 is 7.26. The maximum atomic E-state index is 5.17. The van der Waals surface area contributed by atoms with Gasteiger partial charge in [0.2, 0.25) is 0 Å². The van der Waals surface area contributed by atoms with Gasteiger partial charge in [-0.2, -0.15) is 0 Å². The van der Waals surface area contributed by atoms with Crippen LogP contribution in [0.1, 0.15) is 37.0 Å². The number of nitrogens with zero attached hydrogens (tertiary/aromatic N) is 4. The molecule has 0 radical (unpaired) electrons. The third kappa shape index (κ3) is 2.90. The van der Waals surface area contributed by atoms with E-state index in [4.69, 9.17) is 4.74 Å². The lowest BCUT2D eigenvalue weighted by Crippen LogP contribution is -2.11. The van der Waals surface area contributed by atoms with Crippen LogP contribution in [0.4, 0.5) is 5.82 Å². The first-order valence-electron chi connectivity index (χ1n) is 7.48. The zero-order valence-electron chi connectivity index (χ0n) is 12.6. The molecule has 0 atom stereocenters. The average molecular weight is 287 g/mol. The number of anilines is 1. The molecule has 3 rings (SSSR count). The van der Waals surface area contributed by atoms with Crippen LogP contribution in [0.3, 0.4) is 0 Å². The number of ether oxygens (including phenoxy) is 1. The number of rotatable bonds is 5. The molecule has 6 heteroatoms. The molecule has 0 bridgehead atoms. The van der Waals surface area contributed by atoms with Crippen molar-refractivity contribution in [3.63, 3.8) is 0 Å². The lowest BCUT2D eigenvalue weighted by Gasteiger charge is -2.15. The predicted molar refractivity (Wildman–Crippen MR) is 80.7 cm³/mol. The normalized spacial score (nSPS) is 14.0. The molecule has 21 heavy (non-hydrogen) atoms. The second kappa shape index (κ2) is 6.22. The largest absolute Gasteiger partial charge is 0.377 e. The van der Waals surface area contributed by atoms with Gasteiger partial charge >= 0.3 is 0 Å². The second-order valence-corrected chi connectivity index (χ2v) is 5.21. The molecule has 0 amide bonds. The predicted octanol–water partition coefficient (Wildman–Crippen LogP) is 2.12. The fourth-order valence-electron chi connectivity index (χ4n) is 2.74. The Bertz CT molecular complexity index is 598. The van der Waals surface area contributed by atoms with E-state index in [9.17, 15) is 0 Å². The lowest BCUT2D eigenvalue weighted by molar-refractivity contribution is 0.178.